The zero-order valence-electron chi connectivity index (χ0n) is 12.9. The lowest BCUT2D eigenvalue weighted by atomic mass is 10.2. The summed E-state index contributed by atoms with van der Waals surface area (Å²) in [6, 6.07) is 0.0677. The Morgan fingerprint density at radius 3 is 2.75 bits per heavy atom. The van der Waals surface area contributed by atoms with E-state index < -0.39 is 16.4 Å². The van der Waals surface area contributed by atoms with Crippen molar-refractivity contribution in [3.05, 3.63) is 0 Å². The quantitative estimate of drug-likeness (QED) is 0.844. The van der Waals surface area contributed by atoms with Crippen molar-refractivity contribution in [3.8, 4) is 0 Å². The fourth-order valence-corrected chi connectivity index (χ4v) is 2.65. The molecule has 0 saturated carbocycles. The molecule has 0 fully saturated rings. The number of aliphatic imine (C=N–C) groups is 1. The largest absolute Gasteiger partial charge is 0.444 e. The number of carbonyl (C=O) groups excluding carboxylic acids is 1. The summed E-state index contributed by atoms with van der Waals surface area (Å²) in [6.45, 7) is 9.03. The van der Waals surface area contributed by atoms with Gasteiger partial charge in [0.15, 0.2) is 0 Å². The van der Waals surface area contributed by atoms with Crippen molar-refractivity contribution in [2.75, 3.05) is 31.6 Å². The predicted molar refractivity (Wildman–Crippen MR) is 81.6 cm³/mol. The van der Waals surface area contributed by atoms with Crippen LogP contribution in [0.25, 0.3) is 0 Å². The summed E-state index contributed by atoms with van der Waals surface area (Å²) in [4.78, 5) is 18.0. The molecule has 0 bridgehead atoms. The third kappa shape index (κ3) is 6.36. The van der Waals surface area contributed by atoms with Gasteiger partial charge in [0.25, 0.3) is 0 Å². The summed E-state index contributed by atoms with van der Waals surface area (Å²) in [6.07, 6.45) is 1.35. The van der Waals surface area contributed by atoms with Crippen LogP contribution in [0.2, 0.25) is 0 Å². The minimum Gasteiger partial charge on any atom is -0.444 e. The topological polar surface area (TPSA) is 71.0 Å². The number of hydrogen-bond acceptors (Lipinski definition) is 5. The summed E-state index contributed by atoms with van der Waals surface area (Å²) >= 11 is 0. The van der Waals surface area contributed by atoms with Gasteiger partial charge in [0.05, 0.1) is 13.1 Å². The highest BCUT2D eigenvalue weighted by Gasteiger charge is 2.25. The summed E-state index contributed by atoms with van der Waals surface area (Å²) < 4.78 is 16.5. The maximum atomic E-state index is 12.0. The molecule has 0 saturated heterocycles. The Morgan fingerprint density at radius 2 is 2.20 bits per heavy atom. The molecule has 0 radical (unpaired) electrons. The molecule has 116 valence electrons. The number of amides is 1. The van der Waals surface area contributed by atoms with Crippen molar-refractivity contribution in [3.63, 3.8) is 0 Å². The van der Waals surface area contributed by atoms with Crippen LogP contribution in [0.4, 0.5) is 4.79 Å². The summed E-state index contributed by atoms with van der Waals surface area (Å²) in [5, 5.41) is 3.21. The molecule has 1 rings (SSSR count). The van der Waals surface area contributed by atoms with Crippen molar-refractivity contribution in [2.24, 2.45) is 4.99 Å². The molecule has 6 nitrogen and oxygen atoms in total. The number of hydrogen-bond donors (Lipinski definition) is 1. The fraction of sp³-hybridized carbons (Fsp3) is 0.846. The summed E-state index contributed by atoms with van der Waals surface area (Å²) in [5.74, 6) is 1.31. The average Bonchev–Trinajstić information content (AvgIpc) is 2.25. The second kappa shape index (κ2) is 7.06. The van der Waals surface area contributed by atoms with Crippen LogP contribution in [0.5, 0.6) is 0 Å². The van der Waals surface area contributed by atoms with Crippen LogP contribution in [-0.4, -0.2) is 64.3 Å². The van der Waals surface area contributed by atoms with E-state index in [9.17, 15) is 9.00 Å². The average molecular weight is 303 g/mol. The van der Waals surface area contributed by atoms with E-state index in [1.807, 2.05) is 27.7 Å². The van der Waals surface area contributed by atoms with Gasteiger partial charge in [-0.25, -0.2) is 4.79 Å². The third-order valence-corrected chi connectivity index (χ3v) is 3.53. The zero-order valence-corrected chi connectivity index (χ0v) is 13.7. The standard InChI is InChI=1S/C13H25N3O3S/c1-10(9-20(5)18)15-11-8-16(7-6-14-11)12(17)19-13(2,3)4/h10H,6-9H2,1-5H3,(H,14,15). The molecule has 1 amide bonds. The third-order valence-electron chi connectivity index (χ3n) is 2.56. The highest BCUT2D eigenvalue weighted by atomic mass is 32.2. The molecule has 1 aliphatic rings. The molecule has 20 heavy (non-hydrogen) atoms. The van der Waals surface area contributed by atoms with E-state index in [1.54, 1.807) is 11.2 Å². The van der Waals surface area contributed by atoms with E-state index in [0.717, 1.165) is 5.84 Å². The van der Waals surface area contributed by atoms with Crippen LogP contribution < -0.4 is 5.32 Å². The second-order valence-corrected chi connectivity index (χ2v) is 7.50. The molecule has 0 aromatic carbocycles. The van der Waals surface area contributed by atoms with E-state index in [4.69, 9.17) is 4.74 Å². The first kappa shape index (κ1) is 16.9. The fourth-order valence-electron chi connectivity index (χ4n) is 1.87. The Balaban J connectivity index is 2.51. The molecule has 1 aliphatic heterocycles. The summed E-state index contributed by atoms with van der Waals surface area (Å²) in [7, 11) is -0.854. The molecule has 7 heteroatoms. The van der Waals surface area contributed by atoms with E-state index in [2.05, 4.69) is 10.3 Å². The molecular weight excluding hydrogens is 278 g/mol. The number of carbonyl (C=O) groups is 1. The van der Waals surface area contributed by atoms with Gasteiger partial charge in [-0.3, -0.25) is 14.1 Å². The van der Waals surface area contributed by atoms with Gasteiger partial charge in [-0.2, -0.15) is 0 Å². The normalized spacial score (nSPS) is 19.1. The number of amidine groups is 1. The van der Waals surface area contributed by atoms with Crippen LogP contribution in [0, 0.1) is 0 Å². The van der Waals surface area contributed by atoms with Gasteiger partial charge >= 0.3 is 6.09 Å². The number of rotatable bonds is 3. The molecule has 2 unspecified atom stereocenters. The zero-order chi connectivity index (χ0) is 15.3. The van der Waals surface area contributed by atoms with Gasteiger partial charge in [0.1, 0.15) is 11.4 Å². The Morgan fingerprint density at radius 1 is 1.55 bits per heavy atom. The molecular formula is C13H25N3O3S. The molecule has 2 atom stereocenters. The monoisotopic (exact) mass is 303 g/mol. The Hall–Kier alpha value is -1.11. The molecule has 0 spiro atoms. The van der Waals surface area contributed by atoms with Crippen molar-refractivity contribution < 1.29 is 13.7 Å². The highest BCUT2D eigenvalue weighted by molar-refractivity contribution is 7.84. The van der Waals surface area contributed by atoms with Gasteiger partial charge in [-0.15, -0.1) is 0 Å². The van der Waals surface area contributed by atoms with Crippen LogP contribution in [0.15, 0.2) is 4.99 Å². The highest BCUT2D eigenvalue weighted by Crippen LogP contribution is 2.11. The minimum absolute atomic E-state index is 0.0677. The van der Waals surface area contributed by atoms with Crippen LogP contribution in [-0.2, 0) is 15.5 Å². The summed E-state index contributed by atoms with van der Waals surface area (Å²) in [5.41, 5.74) is -0.494. The second-order valence-electron chi connectivity index (χ2n) is 6.02. The van der Waals surface area contributed by atoms with Crippen molar-refractivity contribution in [1.82, 2.24) is 10.2 Å². The lowest BCUT2D eigenvalue weighted by molar-refractivity contribution is 0.0276. The molecule has 1 N–H and O–H groups in total. The first-order valence-corrected chi connectivity index (χ1v) is 8.48. The Bertz CT molecular complexity index is 404. The van der Waals surface area contributed by atoms with Crippen LogP contribution >= 0.6 is 0 Å². The maximum absolute atomic E-state index is 12.0. The van der Waals surface area contributed by atoms with Crippen LogP contribution in [0.3, 0.4) is 0 Å². The van der Waals surface area contributed by atoms with Gasteiger partial charge in [0.2, 0.25) is 0 Å². The molecule has 0 aliphatic carbocycles. The molecule has 1 heterocycles. The lowest BCUT2D eigenvalue weighted by Gasteiger charge is -2.30. The van der Waals surface area contributed by atoms with Gasteiger partial charge in [0, 0.05) is 35.4 Å². The lowest BCUT2D eigenvalue weighted by Crippen LogP contribution is -2.49. The maximum Gasteiger partial charge on any atom is 0.410 e. The predicted octanol–water partition coefficient (Wildman–Crippen LogP) is 0.992. The van der Waals surface area contributed by atoms with E-state index in [0.29, 0.717) is 25.4 Å². The van der Waals surface area contributed by atoms with E-state index >= 15 is 0 Å². The molecule has 0 aromatic rings. The van der Waals surface area contributed by atoms with Crippen molar-refractivity contribution in [2.45, 2.75) is 39.3 Å². The van der Waals surface area contributed by atoms with Gasteiger partial charge in [-0.05, 0) is 27.7 Å². The van der Waals surface area contributed by atoms with Crippen LogP contribution in [0.1, 0.15) is 27.7 Å². The SMILES string of the molecule is CC(CS(C)=O)NC1=NCCN(C(=O)OC(C)(C)C)C1. The first-order valence-electron chi connectivity index (χ1n) is 6.75. The first-order chi connectivity index (χ1) is 9.17. The molecule has 0 aromatic heterocycles. The van der Waals surface area contributed by atoms with E-state index in [-0.39, 0.29) is 12.1 Å². The van der Waals surface area contributed by atoms with Gasteiger partial charge < -0.3 is 10.1 Å². The van der Waals surface area contributed by atoms with Crippen molar-refractivity contribution in [1.29, 1.82) is 0 Å². The van der Waals surface area contributed by atoms with E-state index in [1.165, 1.54) is 0 Å². The smallest absolute Gasteiger partial charge is 0.410 e. The van der Waals surface area contributed by atoms with Gasteiger partial charge in [-0.1, -0.05) is 0 Å². The Labute approximate surface area is 123 Å². The number of nitrogens with one attached hydrogen (secondary N) is 1. The minimum atomic E-state index is -0.854. The number of nitrogens with zero attached hydrogens (tertiary/aromatic N) is 2. The Kier molecular flexibility index (Phi) is 5.98. The van der Waals surface area contributed by atoms with Crippen molar-refractivity contribution >= 4 is 22.7 Å². The number of ether oxygens (including phenoxy) is 1.